The van der Waals surface area contributed by atoms with Crippen molar-refractivity contribution in [3.05, 3.63) is 35.4 Å². The van der Waals surface area contributed by atoms with Crippen LogP contribution in [0.5, 0.6) is 0 Å². The summed E-state index contributed by atoms with van der Waals surface area (Å²) in [6.07, 6.45) is 5.96. The maximum atomic E-state index is 10.9. The van der Waals surface area contributed by atoms with Crippen LogP contribution in [0.4, 0.5) is 0 Å². The molecule has 0 radical (unpaired) electrons. The standard InChI is InChI=1S/C13H13NO2S/c1-2-9-3-5-10(6-4-9)12-14-11(13(15)16)7-8-17-12/h1,3-6,11-12,14H,7-8H2,(H,15,16). The maximum absolute atomic E-state index is 10.9. The van der Waals surface area contributed by atoms with Crippen molar-refractivity contribution >= 4 is 17.7 Å². The number of carboxylic acids is 1. The molecular weight excluding hydrogens is 234 g/mol. The van der Waals surface area contributed by atoms with Crippen LogP contribution in [0.25, 0.3) is 0 Å². The molecular formula is C13H13NO2S. The Bertz CT molecular complexity index is 449. The first-order chi connectivity index (χ1) is 8.20. The Morgan fingerprint density at radius 1 is 1.47 bits per heavy atom. The second-order valence-corrected chi connectivity index (χ2v) is 5.08. The van der Waals surface area contributed by atoms with Crippen LogP contribution in [-0.2, 0) is 4.79 Å². The van der Waals surface area contributed by atoms with E-state index in [1.807, 2.05) is 24.3 Å². The predicted octanol–water partition coefficient (Wildman–Crippen LogP) is 1.85. The molecule has 1 saturated heterocycles. The summed E-state index contributed by atoms with van der Waals surface area (Å²) in [7, 11) is 0. The molecule has 0 spiro atoms. The largest absolute Gasteiger partial charge is 0.480 e. The van der Waals surface area contributed by atoms with Gasteiger partial charge in [-0.3, -0.25) is 10.1 Å². The molecule has 1 fully saturated rings. The fourth-order valence-electron chi connectivity index (χ4n) is 1.76. The van der Waals surface area contributed by atoms with E-state index in [2.05, 4.69) is 11.2 Å². The van der Waals surface area contributed by atoms with Crippen LogP contribution < -0.4 is 5.32 Å². The maximum Gasteiger partial charge on any atom is 0.320 e. The zero-order valence-electron chi connectivity index (χ0n) is 9.22. The van der Waals surface area contributed by atoms with Gasteiger partial charge in [0.2, 0.25) is 0 Å². The highest BCUT2D eigenvalue weighted by Gasteiger charge is 2.27. The molecule has 3 nitrogen and oxygen atoms in total. The van der Waals surface area contributed by atoms with Crippen LogP contribution in [0.1, 0.15) is 22.9 Å². The van der Waals surface area contributed by atoms with Crippen molar-refractivity contribution in [2.75, 3.05) is 5.75 Å². The summed E-state index contributed by atoms with van der Waals surface area (Å²) in [6.45, 7) is 0. The molecule has 0 amide bonds. The molecule has 2 N–H and O–H groups in total. The fraction of sp³-hybridized carbons (Fsp3) is 0.308. The van der Waals surface area contributed by atoms with Gasteiger partial charge in [0.05, 0.1) is 5.37 Å². The molecule has 88 valence electrons. The van der Waals surface area contributed by atoms with Crippen LogP contribution in [0.2, 0.25) is 0 Å². The van der Waals surface area contributed by atoms with Crippen molar-refractivity contribution in [2.45, 2.75) is 17.8 Å². The Morgan fingerprint density at radius 3 is 2.76 bits per heavy atom. The van der Waals surface area contributed by atoms with Gasteiger partial charge in [-0.05, 0) is 29.9 Å². The highest BCUT2D eigenvalue weighted by molar-refractivity contribution is 7.99. The number of aliphatic carboxylic acids is 1. The van der Waals surface area contributed by atoms with Gasteiger partial charge in [-0.15, -0.1) is 18.2 Å². The van der Waals surface area contributed by atoms with Gasteiger partial charge in [0.25, 0.3) is 0 Å². The lowest BCUT2D eigenvalue weighted by Crippen LogP contribution is -2.41. The first kappa shape index (κ1) is 12.0. The van der Waals surface area contributed by atoms with Crippen LogP contribution in [0.3, 0.4) is 0 Å². The number of carboxylic acid groups (broad SMARTS) is 1. The number of benzene rings is 1. The molecule has 0 bridgehead atoms. The van der Waals surface area contributed by atoms with Gasteiger partial charge in [0.15, 0.2) is 0 Å². The van der Waals surface area contributed by atoms with E-state index in [4.69, 9.17) is 11.5 Å². The molecule has 17 heavy (non-hydrogen) atoms. The van der Waals surface area contributed by atoms with E-state index >= 15 is 0 Å². The van der Waals surface area contributed by atoms with E-state index in [1.54, 1.807) is 11.8 Å². The summed E-state index contributed by atoms with van der Waals surface area (Å²) in [5.41, 5.74) is 1.91. The first-order valence-electron chi connectivity index (χ1n) is 5.38. The molecule has 1 aromatic carbocycles. The molecule has 0 saturated carbocycles. The third kappa shape index (κ3) is 2.82. The van der Waals surface area contributed by atoms with Crippen LogP contribution in [0.15, 0.2) is 24.3 Å². The molecule has 2 rings (SSSR count). The Hall–Kier alpha value is -1.44. The van der Waals surface area contributed by atoms with Gasteiger partial charge in [-0.2, -0.15) is 0 Å². The molecule has 2 unspecified atom stereocenters. The number of carbonyl (C=O) groups is 1. The average molecular weight is 247 g/mol. The van der Waals surface area contributed by atoms with Crippen molar-refractivity contribution in [1.82, 2.24) is 5.32 Å². The number of thioether (sulfide) groups is 1. The van der Waals surface area contributed by atoms with Crippen molar-refractivity contribution in [3.63, 3.8) is 0 Å². The van der Waals surface area contributed by atoms with Crippen molar-refractivity contribution in [3.8, 4) is 12.3 Å². The van der Waals surface area contributed by atoms with Gasteiger partial charge in [-0.1, -0.05) is 18.1 Å². The number of hydrogen-bond acceptors (Lipinski definition) is 3. The predicted molar refractivity (Wildman–Crippen MR) is 68.8 cm³/mol. The quantitative estimate of drug-likeness (QED) is 0.783. The van der Waals surface area contributed by atoms with E-state index in [1.165, 1.54) is 0 Å². The summed E-state index contributed by atoms with van der Waals surface area (Å²) >= 11 is 1.72. The summed E-state index contributed by atoms with van der Waals surface area (Å²) in [6, 6.07) is 7.20. The molecule has 1 aromatic rings. The lowest BCUT2D eigenvalue weighted by atomic mass is 10.1. The monoisotopic (exact) mass is 247 g/mol. The fourth-order valence-corrected chi connectivity index (χ4v) is 2.98. The number of rotatable bonds is 2. The van der Waals surface area contributed by atoms with Gasteiger partial charge >= 0.3 is 5.97 Å². The Kier molecular flexibility index (Phi) is 3.72. The van der Waals surface area contributed by atoms with E-state index < -0.39 is 12.0 Å². The number of nitrogens with one attached hydrogen (secondary N) is 1. The molecule has 1 aliphatic rings. The molecule has 1 heterocycles. The van der Waals surface area contributed by atoms with Gasteiger partial charge < -0.3 is 5.11 Å². The van der Waals surface area contributed by atoms with Crippen LogP contribution in [-0.4, -0.2) is 22.9 Å². The topological polar surface area (TPSA) is 49.3 Å². The normalized spacial score (nSPS) is 23.9. The van der Waals surface area contributed by atoms with Crippen LogP contribution >= 0.6 is 11.8 Å². The van der Waals surface area contributed by atoms with E-state index in [0.29, 0.717) is 6.42 Å². The lowest BCUT2D eigenvalue weighted by molar-refractivity contribution is -0.139. The second kappa shape index (κ2) is 5.26. The van der Waals surface area contributed by atoms with Crippen molar-refractivity contribution in [2.24, 2.45) is 0 Å². The minimum Gasteiger partial charge on any atom is -0.480 e. The molecule has 0 aliphatic carbocycles. The lowest BCUT2D eigenvalue weighted by Gasteiger charge is -2.28. The molecule has 2 atom stereocenters. The smallest absolute Gasteiger partial charge is 0.320 e. The summed E-state index contributed by atoms with van der Waals surface area (Å²) < 4.78 is 0. The summed E-state index contributed by atoms with van der Waals surface area (Å²) in [4.78, 5) is 10.9. The third-order valence-corrected chi connectivity index (χ3v) is 3.93. The van der Waals surface area contributed by atoms with E-state index in [-0.39, 0.29) is 5.37 Å². The third-order valence-electron chi connectivity index (χ3n) is 2.72. The minimum absolute atomic E-state index is 0.0386. The Morgan fingerprint density at radius 2 is 2.18 bits per heavy atom. The van der Waals surface area contributed by atoms with Gasteiger partial charge in [0, 0.05) is 5.56 Å². The van der Waals surface area contributed by atoms with Gasteiger partial charge in [0.1, 0.15) is 6.04 Å². The zero-order chi connectivity index (χ0) is 12.3. The van der Waals surface area contributed by atoms with E-state index in [9.17, 15) is 4.79 Å². The van der Waals surface area contributed by atoms with E-state index in [0.717, 1.165) is 16.9 Å². The highest BCUT2D eigenvalue weighted by atomic mass is 32.2. The Balaban J connectivity index is 2.11. The zero-order valence-corrected chi connectivity index (χ0v) is 10.0. The first-order valence-corrected chi connectivity index (χ1v) is 6.42. The summed E-state index contributed by atoms with van der Waals surface area (Å²) in [5, 5.41) is 12.1. The van der Waals surface area contributed by atoms with Crippen molar-refractivity contribution in [1.29, 1.82) is 0 Å². The Labute approximate surface area is 105 Å². The van der Waals surface area contributed by atoms with Crippen molar-refractivity contribution < 1.29 is 9.90 Å². The summed E-state index contributed by atoms with van der Waals surface area (Å²) in [5.74, 6) is 2.63. The van der Waals surface area contributed by atoms with Crippen LogP contribution in [0, 0.1) is 12.3 Å². The average Bonchev–Trinajstić information content (AvgIpc) is 2.39. The second-order valence-electron chi connectivity index (χ2n) is 3.86. The molecule has 1 aliphatic heterocycles. The SMILES string of the molecule is C#Cc1ccc(C2NC(C(=O)O)CCS2)cc1. The minimum atomic E-state index is -0.782. The number of hydrogen-bond donors (Lipinski definition) is 2. The van der Waals surface area contributed by atoms with Gasteiger partial charge in [-0.25, -0.2) is 0 Å². The molecule has 4 heteroatoms. The molecule has 0 aromatic heterocycles. The highest BCUT2D eigenvalue weighted by Crippen LogP contribution is 2.31. The number of terminal acetylenes is 1.